The number of hydrogen-bond donors (Lipinski definition) is 3. The molecule has 0 saturated carbocycles. The molecule has 0 unspecified atom stereocenters. The molecule has 0 spiro atoms. The molecule has 23 heavy (non-hydrogen) atoms. The largest absolute Gasteiger partial charge is 0.381 e. The smallest absolute Gasteiger partial charge is 0.275 e. The number of nitro benzene ring substituents is 1. The van der Waals surface area contributed by atoms with Crippen LogP contribution in [-0.4, -0.2) is 16.7 Å². The average Bonchev–Trinajstić information content (AvgIpc) is 2.52. The van der Waals surface area contributed by atoms with Gasteiger partial charge in [-0.3, -0.25) is 19.7 Å². The van der Waals surface area contributed by atoms with Crippen molar-refractivity contribution in [2.75, 3.05) is 5.32 Å². The molecule has 5 N–H and O–H groups in total. The molecule has 0 aromatic heterocycles. The number of hydrogen-bond acceptors (Lipinski definition) is 5. The van der Waals surface area contributed by atoms with E-state index < -0.39 is 16.7 Å². The van der Waals surface area contributed by atoms with Crippen molar-refractivity contribution in [3.05, 3.63) is 69.3 Å². The Morgan fingerprint density at radius 3 is 2.09 bits per heavy atom. The number of rotatable bonds is 6. The summed E-state index contributed by atoms with van der Waals surface area (Å²) in [7, 11) is 0. The third-order valence-corrected chi connectivity index (χ3v) is 3.22. The topological polar surface area (TPSA) is 141 Å². The zero-order valence-electron chi connectivity index (χ0n) is 12.0. The third-order valence-electron chi connectivity index (χ3n) is 3.22. The van der Waals surface area contributed by atoms with E-state index in [4.69, 9.17) is 11.5 Å². The van der Waals surface area contributed by atoms with E-state index in [1.807, 2.05) is 0 Å². The molecule has 118 valence electrons. The van der Waals surface area contributed by atoms with Gasteiger partial charge in [0, 0.05) is 35.0 Å². The van der Waals surface area contributed by atoms with Crippen LogP contribution in [0.5, 0.6) is 0 Å². The molecule has 0 fully saturated rings. The van der Waals surface area contributed by atoms with Crippen molar-refractivity contribution in [2.24, 2.45) is 11.5 Å². The molecule has 0 saturated heterocycles. The predicted molar refractivity (Wildman–Crippen MR) is 83.9 cm³/mol. The van der Waals surface area contributed by atoms with Gasteiger partial charge in [0.05, 0.1) is 4.92 Å². The lowest BCUT2D eigenvalue weighted by atomic mass is 10.1. The molecule has 0 aliphatic carbocycles. The summed E-state index contributed by atoms with van der Waals surface area (Å²) in [6.07, 6.45) is 0. The molecule has 0 heterocycles. The Labute approximate surface area is 131 Å². The lowest BCUT2D eigenvalue weighted by Gasteiger charge is -2.08. The first kappa shape index (κ1) is 16.0. The molecule has 8 heteroatoms. The first-order chi connectivity index (χ1) is 10.9. The first-order valence-corrected chi connectivity index (χ1v) is 6.59. The molecular weight excluding hydrogens is 300 g/mol. The van der Waals surface area contributed by atoms with Crippen LogP contribution in [0.25, 0.3) is 0 Å². The number of anilines is 1. The van der Waals surface area contributed by atoms with Gasteiger partial charge >= 0.3 is 0 Å². The Morgan fingerprint density at radius 2 is 1.57 bits per heavy atom. The highest BCUT2D eigenvalue weighted by Gasteiger charge is 2.16. The Kier molecular flexibility index (Phi) is 4.55. The summed E-state index contributed by atoms with van der Waals surface area (Å²) in [5.74, 6) is -1.26. The van der Waals surface area contributed by atoms with Gasteiger partial charge < -0.3 is 16.8 Å². The quantitative estimate of drug-likeness (QED) is 0.546. The van der Waals surface area contributed by atoms with E-state index in [9.17, 15) is 19.7 Å². The number of nitrogens with one attached hydrogen (secondary N) is 1. The summed E-state index contributed by atoms with van der Waals surface area (Å²) >= 11 is 0. The zero-order valence-corrected chi connectivity index (χ0v) is 12.0. The van der Waals surface area contributed by atoms with Crippen molar-refractivity contribution in [3.63, 3.8) is 0 Å². The molecule has 2 aromatic rings. The molecule has 0 aliphatic heterocycles. The second kappa shape index (κ2) is 6.56. The maximum atomic E-state index is 11.1. The van der Waals surface area contributed by atoms with Gasteiger partial charge in [-0.1, -0.05) is 0 Å². The van der Waals surface area contributed by atoms with Crippen molar-refractivity contribution >= 4 is 23.2 Å². The van der Waals surface area contributed by atoms with E-state index >= 15 is 0 Å². The van der Waals surface area contributed by atoms with Gasteiger partial charge in [-0.15, -0.1) is 0 Å². The number of benzene rings is 2. The number of primary amides is 2. The van der Waals surface area contributed by atoms with Crippen LogP contribution >= 0.6 is 0 Å². The Hall–Kier alpha value is -3.42. The average molecular weight is 314 g/mol. The molecule has 8 nitrogen and oxygen atoms in total. The zero-order chi connectivity index (χ0) is 17.0. The van der Waals surface area contributed by atoms with Gasteiger partial charge in [0.1, 0.15) is 0 Å². The number of nitrogens with zero attached hydrogens (tertiary/aromatic N) is 1. The Morgan fingerprint density at radius 1 is 1.00 bits per heavy atom. The summed E-state index contributed by atoms with van der Waals surface area (Å²) in [6, 6.07) is 10.4. The standard InChI is InChI=1S/C15H14N4O4/c16-14(20)9-3-5-12(6-4-9)18-8-11-2-1-10(15(17)21)7-13(11)19(22)23/h1-7,18H,8H2,(H2,16,20)(H2,17,21). The van der Waals surface area contributed by atoms with Crippen molar-refractivity contribution in [1.29, 1.82) is 0 Å². The number of nitrogens with two attached hydrogens (primary N) is 2. The maximum absolute atomic E-state index is 11.1. The Bertz CT molecular complexity index is 772. The minimum absolute atomic E-state index is 0.0752. The van der Waals surface area contributed by atoms with Crippen LogP contribution in [0.3, 0.4) is 0 Å². The van der Waals surface area contributed by atoms with E-state index in [1.165, 1.54) is 12.1 Å². The van der Waals surface area contributed by atoms with Crippen molar-refractivity contribution < 1.29 is 14.5 Å². The number of carbonyl (C=O) groups excluding carboxylic acids is 2. The fraction of sp³-hybridized carbons (Fsp3) is 0.0667. The first-order valence-electron chi connectivity index (χ1n) is 6.59. The summed E-state index contributed by atoms with van der Waals surface area (Å²) in [5.41, 5.74) is 11.6. The van der Waals surface area contributed by atoms with Gasteiger partial charge in [0.2, 0.25) is 11.8 Å². The number of amides is 2. The fourth-order valence-corrected chi connectivity index (χ4v) is 1.99. The van der Waals surface area contributed by atoms with Crippen LogP contribution in [-0.2, 0) is 6.54 Å². The normalized spacial score (nSPS) is 10.1. The summed E-state index contributed by atoms with van der Waals surface area (Å²) in [5, 5.41) is 14.1. The molecule has 2 rings (SSSR count). The molecule has 0 radical (unpaired) electrons. The number of nitro groups is 1. The van der Waals surface area contributed by atoms with E-state index in [0.717, 1.165) is 6.07 Å². The summed E-state index contributed by atoms with van der Waals surface area (Å²) in [6.45, 7) is 0.172. The van der Waals surface area contributed by atoms with E-state index in [1.54, 1.807) is 24.3 Å². The van der Waals surface area contributed by atoms with Crippen LogP contribution in [0.15, 0.2) is 42.5 Å². The van der Waals surface area contributed by atoms with E-state index in [-0.39, 0.29) is 17.8 Å². The summed E-state index contributed by atoms with van der Waals surface area (Å²) < 4.78 is 0. The minimum Gasteiger partial charge on any atom is -0.381 e. The highest BCUT2D eigenvalue weighted by atomic mass is 16.6. The third kappa shape index (κ3) is 3.82. The summed E-state index contributed by atoms with van der Waals surface area (Å²) in [4.78, 5) is 32.6. The molecule has 0 aliphatic rings. The second-order valence-corrected chi connectivity index (χ2v) is 4.76. The molecule has 2 amide bonds. The van der Waals surface area contributed by atoms with E-state index in [0.29, 0.717) is 16.8 Å². The van der Waals surface area contributed by atoms with Crippen LogP contribution in [0.1, 0.15) is 26.3 Å². The second-order valence-electron chi connectivity index (χ2n) is 4.76. The molecule has 0 bridgehead atoms. The monoisotopic (exact) mass is 314 g/mol. The van der Waals surface area contributed by atoms with Crippen molar-refractivity contribution in [1.82, 2.24) is 0 Å². The van der Waals surface area contributed by atoms with Crippen molar-refractivity contribution in [2.45, 2.75) is 6.54 Å². The molecule has 2 aromatic carbocycles. The fourth-order valence-electron chi connectivity index (χ4n) is 1.99. The van der Waals surface area contributed by atoms with Gasteiger partial charge in [-0.05, 0) is 36.4 Å². The van der Waals surface area contributed by atoms with E-state index in [2.05, 4.69) is 5.32 Å². The highest BCUT2D eigenvalue weighted by Crippen LogP contribution is 2.22. The van der Waals surface area contributed by atoms with Gasteiger partial charge in [-0.2, -0.15) is 0 Å². The SMILES string of the molecule is NC(=O)c1ccc(NCc2ccc(C(N)=O)cc2[N+](=O)[O-])cc1. The molecular formula is C15H14N4O4. The number of carbonyl (C=O) groups is 2. The van der Waals surface area contributed by atoms with Crippen molar-refractivity contribution in [3.8, 4) is 0 Å². The maximum Gasteiger partial charge on any atom is 0.275 e. The van der Waals surface area contributed by atoms with Crippen LogP contribution in [0, 0.1) is 10.1 Å². The Balaban J connectivity index is 2.18. The molecule has 0 atom stereocenters. The van der Waals surface area contributed by atoms with Gasteiger partial charge in [0.25, 0.3) is 5.69 Å². The van der Waals surface area contributed by atoms with Gasteiger partial charge in [-0.25, -0.2) is 0 Å². The minimum atomic E-state index is -0.727. The van der Waals surface area contributed by atoms with Crippen LogP contribution in [0.4, 0.5) is 11.4 Å². The lowest BCUT2D eigenvalue weighted by Crippen LogP contribution is -2.12. The van der Waals surface area contributed by atoms with Crippen LogP contribution in [0.2, 0.25) is 0 Å². The lowest BCUT2D eigenvalue weighted by molar-refractivity contribution is -0.385. The predicted octanol–water partition coefficient (Wildman–Crippen LogP) is 1.40. The highest BCUT2D eigenvalue weighted by molar-refractivity contribution is 5.94. The van der Waals surface area contributed by atoms with Gasteiger partial charge in [0.15, 0.2) is 0 Å². The van der Waals surface area contributed by atoms with Crippen LogP contribution < -0.4 is 16.8 Å².